The SMILES string of the molecule is CC(C)Oc1ccc(C(CO)N(C)C2CC2)cc1. The number of hydrogen-bond donors (Lipinski definition) is 1. The van der Waals surface area contributed by atoms with E-state index in [9.17, 15) is 5.11 Å². The molecule has 0 radical (unpaired) electrons. The maximum Gasteiger partial charge on any atom is 0.119 e. The van der Waals surface area contributed by atoms with Crippen molar-refractivity contribution in [1.82, 2.24) is 4.90 Å². The summed E-state index contributed by atoms with van der Waals surface area (Å²) >= 11 is 0. The van der Waals surface area contributed by atoms with Crippen LogP contribution in [0.3, 0.4) is 0 Å². The molecule has 1 N–H and O–H groups in total. The van der Waals surface area contributed by atoms with Crippen molar-refractivity contribution in [2.75, 3.05) is 13.7 Å². The number of likely N-dealkylation sites (N-methyl/N-ethyl adjacent to an activating group) is 1. The van der Waals surface area contributed by atoms with E-state index in [1.54, 1.807) is 0 Å². The first kappa shape index (κ1) is 13.4. The topological polar surface area (TPSA) is 32.7 Å². The van der Waals surface area contributed by atoms with Gasteiger partial charge in [-0.05, 0) is 51.4 Å². The lowest BCUT2D eigenvalue weighted by atomic mass is 10.1. The summed E-state index contributed by atoms with van der Waals surface area (Å²) in [6, 6.07) is 8.83. The number of rotatable bonds is 6. The van der Waals surface area contributed by atoms with Crippen LogP contribution >= 0.6 is 0 Å². The average molecular weight is 249 g/mol. The predicted octanol–water partition coefficient (Wildman–Crippen LogP) is 2.60. The molecule has 0 heterocycles. The van der Waals surface area contributed by atoms with Crippen molar-refractivity contribution >= 4 is 0 Å². The second kappa shape index (κ2) is 5.72. The molecule has 0 spiro atoms. The standard InChI is InChI=1S/C15H23NO2/c1-11(2)18-14-8-4-12(5-9-14)15(10-17)16(3)13-6-7-13/h4-5,8-9,11,13,15,17H,6-7,10H2,1-3H3. The number of aliphatic hydroxyl groups is 1. The van der Waals surface area contributed by atoms with Crippen LogP contribution in [-0.2, 0) is 0 Å². The maximum atomic E-state index is 9.57. The monoisotopic (exact) mass is 249 g/mol. The lowest BCUT2D eigenvalue weighted by molar-refractivity contribution is 0.141. The van der Waals surface area contributed by atoms with E-state index >= 15 is 0 Å². The largest absolute Gasteiger partial charge is 0.491 e. The fourth-order valence-corrected chi connectivity index (χ4v) is 2.25. The van der Waals surface area contributed by atoms with Gasteiger partial charge in [0, 0.05) is 6.04 Å². The van der Waals surface area contributed by atoms with Crippen molar-refractivity contribution in [2.45, 2.75) is 44.9 Å². The highest BCUT2D eigenvalue weighted by Gasteiger charge is 2.31. The van der Waals surface area contributed by atoms with E-state index < -0.39 is 0 Å². The molecule has 2 rings (SSSR count). The lowest BCUT2D eigenvalue weighted by Gasteiger charge is -2.26. The van der Waals surface area contributed by atoms with Crippen LogP contribution in [0, 0.1) is 0 Å². The summed E-state index contributed by atoms with van der Waals surface area (Å²) in [4.78, 5) is 2.28. The molecule has 3 heteroatoms. The molecule has 1 aromatic rings. The van der Waals surface area contributed by atoms with Crippen LogP contribution < -0.4 is 4.74 Å². The quantitative estimate of drug-likeness (QED) is 0.841. The summed E-state index contributed by atoms with van der Waals surface area (Å²) in [5.41, 5.74) is 1.16. The van der Waals surface area contributed by atoms with Gasteiger partial charge in [0.1, 0.15) is 5.75 Å². The van der Waals surface area contributed by atoms with Crippen LogP contribution in [-0.4, -0.2) is 35.8 Å². The highest BCUT2D eigenvalue weighted by atomic mass is 16.5. The smallest absolute Gasteiger partial charge is 0.119 e. The van der Waals surface area contributed by atoms with Crippen LogP contribution in [0.2, 0.25) is 0 Å². The first-order chi connectivity index (χ1) is 8.61. The highest BCUT2D eigenvalue weighted by Crippen LogP contribution is 2.33. The van der Waals surface area contributed by atoms with Crippen LogP contribution in [0.4, 0.5) is 0 Å². The number of ether oxygens (including phenoxy) is 1. The van der Waals surface area contributed by atoms with Crippen molar-refractivity contribution in [3.05, 3.63) is 29.8 Å². The third-order valence-corrected chi connectivity index (χ3v) is 3.42. The number of hydrogen-bond acceptors (Lipinski definition) is 3. The number of nitrogens with zero attached hydrogens (tertiary/aromatic N) is 1. The minimum absolute atomic E-state index is 0.102. The van der Waals surface area contributed by atoms with Gasteiger partial charge in [0.25, 0.3) is 0 Å². The zero-order valence-corrected chi connectivity index (χ0v) is 11.5. The molecule has 1 aromatic carbocycles. The summed E-state index contributed by atoms with van der Waals surface area (Å²) in [6.07, 6.45) is 2.70. The van der Waals surface area contributed by atoms with E-state index in [1.807, 2.05) is 26.0 Å². The van der Waals surface area contributed by atoms with Gasteiger partial charge in [0.15, 0.2) is 0 Å². The molecule has 1 aliphatic rings. The molecule has 0 aliphatic heterocycles. The molecule has 0 bridgehead atoms. The molecule has 1 fully saturated rings. The molecule has 1 saturated carbocycles. The van der Waals surface area contributed by atoms with Crippen molar-refractivity contribution in [3.63, 3.8) is 0 Å². The van der Waals surface area contributed by atoms with E-state index in [1.165, 1.54) is 12.8 Å². The molecule has 0 amide bonds. The highest BCUT2D eigenvalue weighted by molar-refractivity contribution is 5.29. The van der Waals surface area contributed by atoms with Crippen LogP contribution in [0.25, 0.3) is 0 Å². The van der Waals surface area contributed by atoms with Gasteiger partial charge in [0.05, 0.1) is 18.8 Å². The summed E-state index contributed by atoms with van der Waals surface area (Å²) < 4.78 is 5.63. The third-order valence-electron chi connectivity index (χ3n) is 3.42. The predicted molar refractivity (Wildman–Crippen MR) is 72.8 cm³/mol. The van der Waals surface area contributed by atoms with Crippen molar-refractivity contribution in [2.24, 2.45) is 0 Å². The van der Waals surface area contributed by atoms with Crippen LogP contribution in [0.5, 0.6) is 5.75 Å². The minimum Gasteiger partial charge on any atom is -0.491 e. The molecular formula is C15H23NO2. The molecule has 3 nitrogen and oxygen atoms in total. The van der Waals surface area contributed by atoms with Gasteiger partial charge >= 0.3 is 0 Å². The van der Waals surface area contributed by atoms with Gasteiger partial charge in [0.2, 0.25) is 0 Å². The molecular weight excluding hydrogens is 226 g/mol. The Kier molecular flexibility index (Phi) is 4.25. The van der Waals surface area contributed by atoms with Gasteiger partial charge < -0.3 is 9.84 Å². The Bertz CT molecular complexity index is 371. The van der Waals surface area contributed by atoms with Crippen LogP contribution in [0.15, 0.2) is 24.3 Å². The Morgan fingerprint density at radius 3 is 2.33 bits per heavy atom. The molecule has 0 aromatic heterocycles. The lowest BCUT2D eigenvalue weighted by Crippen LogP contribution is -2.29. The third kappa shape index (κ3) is 3.24. The first-order valence-corrected chi connectivity index (χ1v) is 6.71. The summed E-state index contributed by atoms with van der Waals surface area (Å²) in [7, 11) is 2.09. The number of benzene rings is 1. The first-order valence-electron chi connectivity index (χ1n) is 6.71. The zero-order valence-electron chi connectivity index (χ0n) is 11.5. The van der Waals surface area contributed by atoms with Crippen LogP contribution in [0.1, 0.15) is 38.3 Å². The summed E-state index contributed by atoms with van der Waals surface area (Å²) in [5, 5.41) is 9.57. The van der Waals surface area contributed by atoms with E-state index in [-0.39, 0.29) is 18.8 Å². The van der Waals surface area contributed by atoms with Crippen molar-refractivity contribution in [1.29, 1.82) is 0 Å². The Morgan fingerprint density at radius 2 is 1.89 bits per heavy atom. The second-order valence-electron chi connectivity index (χ2n) is 5.33. The van der Waals surface area contributed by atoms with E-state index in [0.717, 1.165) is 11.3 Å². The fraction of sp³-hybridized carbons (Fsp3) is 0.600. The van der Waals surface area contributed by atoms with Gasteiger partial charge in [-0.25, -0.2) is 0 Å². The molecule has 1 aliphatic carbocycles. The fourth-order valence-electron chi connectivity index (χ4n) is 2.25. The molecule has 100 valence electrons. The Hall–Kier alpha value is -1.06. The maximum absolute atomic E-state index is 9.57. The Labute approximate surface area is 109 Å². The molecule has 1 atom stereocenters. The van der Waals surface area contributed by atoms with Gasteiger partial charge in [-0.3, -0.25) is 4.90 Å². The summed E-state index contributed by atoms with van der Waals surface area (Å²) in [5.74, 6) is 0.888. The molecule has 18 heavy (non-hydrogen) atoms. The average Bonchev–Trinajstić information content (AvgIpc) is 3.15. The molecule has 1 unspecified atom stereocenters. The van der Waals surface area contributed by atoms with Gasteiger partial charge in [-0.2, -0.15) is 0 Å². The Balaban J connectivity index is 2.06. The zero-order chi connectivity index (χ0) is 13.1. The number of aliphatic hydroxyl groups excluding tert-OH is 1. The minimum atomic E-state index is 0.102. The summed E-state index contributed by atoms with van der Waals surface area (Å²) in [6.45, 7) is 4.20. The van der Waals surface area contributed by atoms with Crippen molar-refractivity contribution < 1.29 is 9.84 Å². The second-order valence-corrected chi connectivity index (χ2v) is 5.33. The van der Waals surface area contributed by atoms with Gasteiger partial charge in [-0.1, -0.05) is 12.1 Å². The Morgan fingerprint density at radius 1 is 1.28 bits per heavy atom. The van der Waals surface area contributed by atoms with E-state index in [0.29, 0.717) is 6.04 Å². The van der Waals surface area contributed by atoms with Gasteiger partial charge in [-0.15, -0.1) is 0 Å². The normalized spacial score (nSPS) is 17.2. The van der Waals surface area contributed by atoms with E-state index in [2.05, 4.69) is 24.1 Å². The molecule has 0 saturated heterocycles. The van der Waals surface area contributed by atoms with E-state index in [4.69, 9.17) is 4.74 Å². The van der Waals surface area contributed by atoms with Crippen molar-refractivity contribution in [3.8, 4) is 5.75 Å².